The maximum atomic E-state index is 11.6. The molecule has 0 saturated carbocycles. The fourth-order valence-electron chi connectivity index (χ4n) is 1.86. The van der Waals surface area contributed by atoms with Crippen molar-refractivity contribution in [3.8, 4) is 17.4 Å². The van der Waals surface area contributed by atoms with E-state index in [1.54, 1.807) is 37.3 Å². The molecule has 0 aliphatic carbocycles. The molecule has 0 aliphatic heterocycles. The van der Waals surface area contributed by atoms with Gasteiger partial charge in [-0.1, -0.05) is 0 Å². The van der Waals surface area contributed by atoms with E-state index in [1.807, 2.05) is 0 Å². The number of aromatic nitrogens is 1. The zero-order chi connectivity index (χ0) is 16.8. The molecular formula is C17H17NO5. The minimum absolute atomic E-state index is 0.0632. The van der Waals surface area contributed by atoms with Crippen molar-refractivity contribution in [2.75, 3.05) is 13.7 Å². The summed E-state index contributed by atoms with van der Waals surface area (Å²) in [5, 5.41) is 0. The number of methoxy groups -OCH3 is 1. The van der Waals surface area contributed by atoms with Crippen LogP contribution in [0.15, 0.2) is 36.5 Å². The Morgan fingerprint density at radius 3 is 2.39 bits per heavy atom. The molecule has 0 N–H and O–H groups in total. The number of Topliss-reactive ketones (excluding diaryl/α,β-unsaturated/α-hetero) is 1. The molecule has 23 heavy (non-hydrogen) atoms. The van der Waals surface area contributed by atoms with Crippen LogP contribution in [0.5, 0.6) is 17.4 Å². The summed E-state index contributed by atoms with van der Waals surface area (Å²) >= 11 is 0. The molecule has 2 rings (SSSR count). The first-order chi connectivity index (χ1) is 11.0. The molecule has 0 saturated heterocycles. The second-order valence-corrected chi connectivity index (χ2v) is 4.63. The summed E-state index contributed by atoms with van der Waals surface area (Å²) in [7, 11) is 1.49. The molecular weight excluding hydrogens is 298 g/mol. The molecule has 0 unspecified atom stereocenters. The summed E-state index contributed by atoms with van der Waals surface area (Å²) in [6, 6.07) is 8.01. The van der Waals surface area contributed by atoms with Crippen LogP contribution in [0.3, 0.4) is 0 Å². The van der Waals surface area contributed by atoms with Gasteiger partial charge in [-0.25, -0.2) is 9.78 Å². The van der Waals surface area contributed by atoms with Gasteiger partial charge in [0.2, 0.25) is 5.88 Å². The molecule has 0 bridgehead atoms. The van der Waals surface area contributed by atoms with Crippen molar-refractivity contribution in [2.24, 2.45) is 0 Å². The Morgan fingerprint density at radius 1 is 1.09 bits per heavy atom. The van der Waals surface area contributed by atoms with Crippen LogP contribution in [0.2, 0.25) is 0 Å². The van der Waals surface area contributed by atoms with Crippen LogP contribution in [-0.4, -0.2) is 30.5 Å². The molecule has 120 valence electrons. The third-order valence-corrected chi connectivity index (χ3v) is 3.03. The van der Waals surface area contributed by atoms with Gasteiger partial charge in [0.15, 0.2) is 17.3 Å². The van der Waals surface area contributed by atoms with Gasteiger partial charge in [-0.05, 0) is 38.1 Å². The molecule has 0 radical (unpaired) electrons. The van der Waals surface area contributed by atoms with Gasteiger partial charge >= 0.3 is 5.97 Å². The first kappa shape index (κ1) is 16.5. The number of hydrogen-bond donors (Lipinski definition) is 0. The lowest BCUT2D eigenvalue weighted by Crippen LogP contribution is -2.05. The molecule has 1 heterocycles. The number of rotatable bonds is 6. The van der Waals surface area contributed by atoms with Gasteiger partial charge in [0.25, 0.3) is 0 Å². The summed E-state index contributed by atoms with van der Waals surface area (Å²) in [4.78, 5) is 27.0. The van der Waals surface area contributed by atoms with Crippen LogP contribution in [0, 0.1) is 0 Å². The Kier molecular flexibility index (Phi) is 5.30. The minimum atomic E-state index is -0.435. The summed E-state index contributed by atoms with van der Waals surface area (Å²) in [6.45, 7) is 3.52. The summed E-state index contributed by atoms with van der Waals surface area (Å²) in [5.41, 5.74) is 0.873. The normalized spacial score (nSPS) is 10.0. The van der Waals surface area contributed by atoms with Crippen LogP contribution in [-0.2, 0) is 4.74 Å². The average Bonchev–Trinajstić information content (AvgIpc) is 2.56. The van der Waals surface area contributed by atoms with Crippen LogP contribution in [0.4, 0.5) is 0 Å². The Balaban J connectivity index is 2.19. The van der Waals surface area contributed by atoms with E-state index >= 15 is 0 Å². The largest absolute Gasteiger partial charge is 0.493 e. The van der Waals surface area contributed by atoms with E-state index in [4.69, 9.17) is 14.2 Å². The van der Waals surface area contributed by atoms with E-state index in [0.717, 1.165) is 0 Å². The smallest absolute Gasteiger partial charge is 0.339 e. The van der Waals surface area contributed by atoms with Gasteiger partial charge < -0.3 is 14.2 Å². The SMILES string of the molecule is CCOC(=O)c1ccc(Oc2ccc(C(C)=O)cc2OC)nc1. The van der Waals surface area contributed by atoms with Gasteiger partial charge in [-0.15, -0.1) is 0 Å². The topological polar surface area (TPSA) is 74.7 Å². The number of esters is 1. The van der Waals surface area contributed by atoms with E-state index in [-0.39, 0.29) is 5.78 Å². The van der Waals surface area contributed by atoms with Gasteiger partial charge in [-0.3, -0.25) is 4.79 Å². The van der Waals surface area contributed by atoms with E-state index in [0.29, 0.717) is 35.1 Å². The molecule has 6 nitrogen and oxygen atoms in total. The maximum absolute atomic E-state index is 11.6. The average molecular weight is 315 g/mol. The summed E-state index contributed by atoms with van der Waals surface area (Å²) < 4.78 is 15.7. The van der Waals surface area contributed by atoms with Crippen LogP contribution >= 0.6 is 0 Å². The highest BCUT2D eigenvalue weighted by Gasteiger charge is 2.11. The van der Waals surface area contributed by atoms with Crippen molar-refractivity contribution in [3.05, 3.63) is 47.7 Å². The van der Waals surface area contributed by atoms with Crippen molar-refractivity contribution in [3.63, 3.8) is 0 Å². The Morgan fingerprint density at radius 2 is 1.83 bits per heavy atom. The molecule has 1 aromatic heterocycles. The predicted molar refractivity (Wildman–Crippen MR) is 83.3 cm³/mol. The molecule has 0 spiro atoms. The highest BCUT2D eigenvalue weighted by Crippen LogP contribution is 2.31. The number of benzene rings is 1. The Hall–Kier alpha value is -2.89. The lowest BCUT2D eigenvalue weighted by atomic mass is 10.1. The number of carbonyl (C=O) groups excluding carboxylic acids is 2. The van der Waals surface area contributed by atoms with Gasteiger partial charge in [0.1, 0.15) is 0 Å². The van der Waals surface area contributed by atoms with E-state index in [2.05, 4.69) is 4.98 Å². The third kappa shape index (κ3) is 4.06. The van der Waals surface area contributed by atoms with Crippen LogP contribution < -0.4 is 9.47 Å². The summed E-state index contributed by atoms with van der Waals surface area (Å²) in [6.07, 6.45) is 1.38. The van der Waals surface area contributed by atoms with E-state index < -0.39 is 5.97 Å². The van der Waals surface area contributed by atoms with Crippen molar-refractivity contribution < 1.29 is 23.8 Å². The van der Waals surface area contributed by atoms with E-state index in [1.165, 1.54) is 20.2 Å². The molecule has 1 aromatic carbocycles. The van der Waals surface area contributed by atoms with Gasteiger partial charge in [-0.2, -0.15) is 0 Å². The molecule has 2 aromatic rings. The lowest BCUT2D eigenvalue weighted by Gasteiger charge is -2.10. The number of nitrogens with zero attached hydrogens (tertiary/aromatic N) is 1. The first-order valence-corrected chi connectivity index (χ1v) is 7.05. The molecule has 0 atom stereocenters. The number of carbonyl (C=O) groups is 2. The number of ether oxygens (including phenoxy) is 3. The lowest BCUT2D eigenvalue weighted by molar-refractivity contribution is 0.0525. The minimum Gasteiger partial charge on any atom is -0.493 e. The predicted octanol–water partition coefficient (Wildman–Crippen LogP) is 3.26. The van der Waals surface area contributed by atoms with Crippen LogP contribution in [0.1, 0.15) is 34.6 Å². The fourth-order valence-corrected chi connectivity index (χ4v) is 1.86. The first-order valence-electron chi connectivity index (χ1n) is 7.05. The molecule has 0 aliphatic rings. The maximum Gasteiger partial charge on any atom is 0.339 e. The standard InChI is InChI=1S/C17H17NO5/c1-4-22-17(20)13-6-8-16(18-10-13)23-14-7-5-12(11(2)19)9-15(14)21-3/h5-10H,4H2,1-3H3. The molecule has 0 fully saturated rings. The zero-order valence-electron chi connectivity index (χ0n) is 13.2. The van der Waals surface area contributed by atoms with Crippen LogP contribution in [0.25, 0.3) is 0 Å². The van der Waals surface area contributed by atoms with Crippen molar-refractivity contribution in [1.29, 1.82) is 0 Å². The van der Waals surface area contributed by atoms with Crippen molar-refractivity contribution in [1.82, 2.24) is 4.98 Å². The Bertz CT molecular complexity index is 709. The second-order valence-electron chi connectivity index (χ2n) is 4.63. The molecule has 0 amide bonds. The highest BCUT2D eigenvalue weighted by atomic mass is 16.5. The van der Waals surface area contributed by atoms with Gasteiger partial charge in [0, 0.05) is 17.8 Å². The van der Waals surface area contributed by atoms with Crippen molar-refractivity contribution >= 4 is 11.8 Å². The van der Waals surface area contributed by atoms with Gasteiger partial charge in [0.05, 0.1) is 19.3 Å². The number of hydrogen-bond acceptors (Lipinski definition) is 6. The highest BCUT2D eigenvalue weighted by molar-refractivity contribution is 5.94. The van der Waals surface area contributed by atoms with Crippen molar-refractivity contribution in [2.45, 2.75) is 13.8 Å². The zero-order valence-corrected chi connectivity index (χ0v) is 13.2. The monoisotopic (exact) mass is 315 g/mol. The second kappa shape index (κ2) is 7.40. The number of ketones is 1. The third-order valence-electron chi connectivity index (χ3n) is 3.03. The number of pyridine rings is 1. The fraction of sp³-hybridized carbons (Fsp3) is 0.235. The molecule has 6 heteroatoms. The quantitative estimate of drug-likeness (QED) is 0.601. The Labute approximate surface area is 134 Å². The van der Waals surface area contributed by atoms with E-state index in [9.17, 15) is 9.59 Å². The summed E-state index contributed by atoms with van der Waals surface area (Å²) in [5.74, 6) is 0.650.